The van der Waals surface area contributed by atoms with Gasteiger partial charge in [0.2, 0.25) is 9.84 Å². The Labute approximate surface area is 162 Å². The van der Waals surface area contributed by atoms with Gasteiger partial charge < -0.3 is 4.90 Å². The maximum Gasteiger partial charge on any atom is 0.209 e. The highest BCUT2D eigenvalue weighted by Crippen LogP contribution is 2.39. The molecule has 0 N–H and O–H groups in total. The maximum absolute atomic E-state index is 13.8. The molecule has 27 heavy (non-hydrogen) atoms. The Morgan fingerprint density at radius 1 is 0.889 bits per heavy atom. The predicted molar refractivity (Wildman–Crippen MR) is 114 cm³/mol. The smallest absolute Gasteiger partial charge is 0.209 e. The molecule has 0 aromatic heterocycles. The molecule has 0 unspecified atom stereocenters. The van der Waals surface area contributed by atoms with Gasteiger partial charge in [0, 0.05) is 18.5 Å². The van der Waals surface area contributed by atoms with E-state index in [0.717, 1.165) is 47.1 Å². The number of benzene rings is 3. The molecule has 4 heteroatoms. The fourth-order valence-electron chi connectivity index (χ4n) is 3.62. The molecule has 0 aliphatic carbocycles. The molecule has 3 aromatic rings. The van der Waals surface area contributed by atoms with Crippen molar-refractivity contribution in [1.29, 1.82) is 0 Å². The lowest BCUT2D eigenvalue weighted by Crippen LogP contribution is -2.25. The van der Waals surface area contributed by atoms with Crippen LogP contribution in [0.1, 0.15) is 31.9 Å². The highest BCUT2D eigenvalue weighted by molar-refractivity contribution is 7.92. The van der Waals surface area contributed by atoms with Crippen molar-refractivity contribution >= 4 is 26.3 Å². The van der Waals surface area contributed by atoms with E-state index in [1.54, 1.807) is 12.1 Å². The van der Waals surface area contributed by atoms with Crippen LogP contribution >= 0.6 is 0 Å². The molecule has 3 nitrogen and oxygen atoms in total. The SMILES string of the molecule is CCc1cc2ccccc2c(S(=O)(=O)c2ccc(C)cc2)c1N(CC)CC. The number of anilines is 1. The maximum atomic E-state index is 13.8. The molecular formula is C23H27NO2S. The molecule has 0 saturated carbocycles. The minimum absolute atomic E-state index is 0.347. The van der Waals surface area contributed by atoms with Crippen molar-refractivity contribution < 1.29 is 8.42 Å². The Kier molecular flexibility index (Phi) is 5.56. The van der Waals surface area contributed by atoms with E-state index in [9.17, 15) is 8.42 Å². The van der Waals surface area contributed by atoms with E-state index in [1.807, 2.05) is 43.3 Å². The van der Waals surface area contributed by atoms with Gasteiger partial charge in [0.1, 0.15) is 4.90 Å². The van der Waals surface area contributed by atoms with E-state index in [2.05, 4.69) is 31.7 Å². The Morgan fingerprint density at radius 2 is 1.52 bits per heavy atom. The number of aryl methyl sites for hydroxylation is 2. The summed E-state index contributed by atoms with van der Waals surface area (Å²) in [4.78, 5) is 2.94. The Morgan fingerprint density at radius 3 is 2.11 bits per heavy atom. The van der Waals surface area contributed by atoms with Crippen LogP contribution in [0.4, 0.5) is 5.69 Å². The van der Waals surface area contributed by atoms with Crippen LogP contribution in [0.15, 0.2) is 64.4 Å². The normalized spacial score (nSPS) is 11.7. The van der Waals surface area contributed by atoms with Gasteiger partial charge >= 0.3 is 0 Å². The summed E-state index contributed by atoms with van der Waals surface area (Å²) in [5.41, 5.74) is 2.97. The fraction of sp³-hybridized carbons (Fsp3) is 0.304. The van der Waals surface area contributed by atoms with E-state index in [1.165, 1.54) is 0 Å². The van der Waals surface area contributed by atoms with Crippen molar-refractivity contribution in [3.63, 3.8) is 0 Å². The predicted octanol–water partition coefficient (Wildman–Crippen LogP) is 5.39. The summed E-state index contributed by atoms with van der Waals surface area (Å²) in [6, 6.07) is 17.1. The van der Waals surface area contributed by atoms with Crippen molar-refractivity contribution in [3.05, 3.63) is 65.7 Å². The van der Waals surface area contributed by atoms with Crippen LogP contribution in [0.25, 0.3) is 10.8 Å². The third-order valence-corrected chi connectivity index (χ3v) is 6.96. The van der Waals surface area contributed by atoms with Gasteiger partial charge in [0.15, 0.2) is 0 Å². The van der Waals surface area contributed by atoms with Gasteiger partial charge in [-0.1, -0.05) is 48.9 Å². The zero-order valence-electron chi connectivity index (χ0n) is 16.5. The zero-order chi connectivity index (χ0) is 19.6. The average Bonchev–Trinajstić information content (AvgIpc) is 2.68. The molecule has 142 valence electrons. The number of hydrogen-bond donors (Lipinski definition) is 0. The van der Waals surface area contributed by atoms with Crippen molar-refractivity contribution in [2.24, 2.45) is 0 Å². The van der Waals surface area contributed by atoms with Gasteiger partial charge in [0.25, 0.3) is 0 Å². The van der Waals surface area contributed by atoms with Gasteiger partial charge in [-0.05, 0) is 56.3 Å². The van der Waals surface area contributed by atoms with Crippen LogP contribution in [-0.2, 0) is 16.3 Å². The van der Waals surface area contributed by atoms with Crippen molar-refractivity contribution in [2.45, 2.75) is 43.9 Å². The summed E-state index contributed by atoms with van der Waals surface area (Å²) >= 11 is 0. The Balaban J connectivity index is 2.45. The number of sulfone groups is 1. The first-order valence-electron chi connectivity index (χ1n) is 9.55. The molecule has 0 saturated heterocycles. The molecule has 0 atom stereocenters. The van der Waals surface area contributed by atoms with E-state index >= 15 is 0 Å². The van der Waals surface area contributed by atoms with Crippen LogP contribution in [0, 0.1) is 6.92 Å². The first-order chi connectivity index (χ1) is 12.9. The number of rotatable bonds is 6. The lowest BCUT2D eigenvalue weighted by molar-refractivity contribution is 0.596. The summed E-state index contributed by atoms with van der Waals surface area (Å²) in [6.07, 6.45) is 0.785. The third kappa shape index (κ3) is 3.46. The monoisotopic (exact) mass is 381 g/mol. The number of nitrogens with zero attached hydrogens (tertiary/aromatic N) is 1. The summed E-state index contributed by atoms with van der Waals surface area (Å²) in [6.45, 7) is 9.71. The average molecular weight is 382 g/mol. The molecule has 0 heterocycles. The van der Waals surface area contributed by atoms with Crippen LogP contribution < -0.4 is 4.90 Å². The zero-order valence-corrected chi connectivity index (χ0v) is 17.3. The molecule has 0 fully saturated rings. The van der Waals surface area contributed by atoms with Crippen LogP contribution in [0.2, 0.25) is 0 Å². The van der Waals surface area contributed by atoms with Gasteiger partial charge in [-0.3, -0.25) is 0 Å². The van der Waals surface area contributed by atoms with Gasteiger partial charge in [-0.15, -0.1) is 0 Å². The first kappa shape index (κ1) is 19.4. The molecule has 3 aromatic carbocycles. The molecule has 0 aliphatic rings. The standard InChI is InChI=1S/C23H27NO2S/c1-5-18-16-19-10-8-9-11-21(19)23(22(18)24(6-2)7-3)27(25,26)20-14-12-17(4)13-15-20/h8-16H,5-7H2,1-4H3. The second-order valence-corrected chi connectivity index (χ2v) is 8.66. The molecule has 0 amide bonds. The molecule has 0 aliphatic heterocycles. The topological polar surface area (TPSA) is 37.4 Å². The number of fused-ring (bicyclic) bond motifs is 1. The molecule has 0 spiro atoms. The summed E-state index contributed by atoms with van der Waals surface area (Å²) in [5.74, 6) is 0. The lowest BCUT2D eigenvalue weighted by atomic mass is 10.0. The fourth-order valence-corrected chi connectivity index (χ4v) is 5.34. The van der Waals surface area contributed by atoms with Crippen molar-refractivity contribution in [1.82, 2.24) is 0 Å². The molecular weight excluding hydrogens is 354 g/mol. The minimum atomic E-state index is -3.65. The summed E-state index contributed by atoms with van der Waals surface area (Å²) in [7, 11) is -3.65. The Bertz CT molecular complexity index is 1050. The second kappa shape index (κ2) is 7.73. The third-order valence-electron chi connectivity index (χ3n) is 5.11. The van der Waals surface area contributed by atoms with Gasteiger partial charge in [-0.2, -0.15) is 0 Å². The van der Waals surface area contributed by atoms with Gasteiger partial charge in [0.05, 0.1) is 10.6 Å². The number of hydrogen-bond acceptors (Lipinski definition) is 3. The quantitative estimate of drug-likeness (QED) is 0.574. The Hall–Kier alpha value is -2.33. The van der Waals surface area contributed by atoms with Crippen LogP contribution in [-0.4, -0.2) is 21.5 Å². The van der Waals surface area contributed by atoms with E-state index < -0.39 is 9.84 Å². The highest BCUT2D eigenvalue weighted by atomic mass is 32.2. The molecule has 0 bridgehead atoms. The molecule has 3 rings (SSSR count). The van der Waals surface area contributed by atoms with Crippen molar-refractivity contribution in [2.75, 3.05) is 18.0 Å². The first-order valence-corrected chi connectivity index (χ1v) is 11.0. The van der Waals surface area contributed by atoms with Gasteiger partial charge in [-0.25, -0.2) is 8.42 Å². The summed E-state index contributed by atoms with van der Waals surface area (Å²) in [5, 5.41) is 1.76. The largest absolute Gasteiger partial charge is 0.371 e. The lowest BCUT2D eigenvalue weighted by Gasteiger charge is -2.28. The van der Waals surface area contributed by atoms with Crippen molar-refractivity contribution in [3.8, 4) is 0 Å². The van der Waals surface area contributed by atoms with Crippen LogP contribution in [0.5, 0.6) is 0 Å². The van der Waals surface area contributed by atoms with E-state index in [-0.39, 0.29) is 0 Å². The van der Waals surface area contributed by atoms with E-state index in [4.69, 9.17) is 0 Å². The minimum Gasteiger partial charge on any atom is -0.371 e. The summed E-state index contributed by atoms with van der Waals surface area (Å²) < 4.78 is 27.5. The van der Waals surface area contributed by atoms with Crippen LogP contribution in [0.3, 0.4) is 0 Å². The second-order valence-electron chi connectivity index (χ2n) is 6.78. The highest BCUT2D eigenvalue weighted by Gasteiger charge is 2.28. The molecule has 0 radical (unpaired) electrons. The van der Waals surface area contributed by atoms with E-state index in [0.29, 0.717) is 9.79 Å².